The molecule has 1 aromatic rings. The van der Waals surface area contributed by atoms with Gasteiger partial charge in [-0.25, -0.2) is 17.7 Å². The molecule has 0 aliphatic carbocycles. The summed E-state index contributed by atoms with van der Waals surface area (Å²) in [6.45, 7) is 4.00. The van der Waals surface area contributed by atoms with Crippen molar-refractivity contribution >= 4 is 40.0 Å². The lowest BCUT2D eigenvalue weighted by molar-refractivity contribution is -0.137. The van der Waals surface area contributed by atoms with E-state index in [-0.39, 0.29) is 36.3 Å². The molecule has 0 amide bonds. The van der Waals surface area contributed by atoms with E-state index >= 15 is 0 Å². The van der Waals surface area contributed by atoms with Crippen LogP contribution in [0.15, 0.2) is 29.3 Å². The molecule has 6 nitrogen and oxygen atoms in total. The van der Waals surface area contributed by atoms with Gasteiger partial charge in [0.05, 0.1) is 17.9 Å². The van der Waals surface area contributed by atoms with Crippen molar-refractivity contribution in [2.45, 2.75) is 26.1 Å². The molecule has 11 heteroatoms. The topological polar surface area (TPSA) is 73.8 Å². The number of nitrogens with one attached hydrogen (secondary N) is 2. The van der Waals surface area contributed by atoms with E-state index in [4.69, 9.17) is 0 Å². The van der Waals surface area contributed by atoms with E-state index in [1.54, 1.807) is 0 Å². The molecule has 0 atom stereocenters. The first kappa shape index (κ1) is 24.0. The third kappa shape index (κ3) is 7.45. The Morgan fingerprint density at radius 2 is 1.89 bits per heavy atom. The van der Waals surface area contributed by atoms with Crippen LogP contribution in [0.25, 0.3) is 0 Å². The van der Waals surface area contributed by atoms with Crippen LogP contribution in [-0.4, -0.2) is 50.6 Å². The largest absolute Gasteiger partial charge is 0.416 e. The zero-order valence-electron chi connectivity index (χ0n) is 14.9. The fraction of sp³-hybridized carbons (Fsp3) is 0.562. The van der Waals surface area contributed by atoms with Gasteiger partial charge in [-0.05, 0) is 31.0 Å². The van der Waals surface area contributed by atoms with E-state index in [1.165, 1.54) is 16.4 Å². The fourth-order valence-electron chi connectivity index (χ4n) is 2.55. The normalized spacial score (nSPS) is 17.4. The molecule has 1 heterocycles. The number of aliphatic imine (C=N–C) groups is 1. The van der Waals surface area contributed by atoms with Gasteiger partial charge in [0.2, 0.25) is 10.0 Å². The smallest absolute Gasteiger partial charge is 0.357 e. The molecular formula is C16H24F3IN4O2S. The van der Waals surface area contributed by atoms with Gasteiger partial charge in [-0.2, -0.15) is 13.2 Å². The van der Waals surface area contributed by atoms with Gasteiger partial charge in [0, 0.05) is 26.2 Å². The van der Waals surface area contributed by atoms with Gasteiger partial charge < -0.3 is 10.6 Å². The maximum Gasteiger partial charge on any atom is 0.416 e. The van der Waals surface area contributed by atoms with Gasteiger partial charge in [-0.15, -0.1) is 24.0 Å². The van der Waals surface area contributed by atoms with E-state index in [0.717, 1.165) is 12.1 Å². The van der Waals surface area contributed by atoms with Crippen LogP contribution in [0.2, 0.25) is 0 Å². The van der Waals surface area contributed by atoms with Crippen molar-refractivity contribution in [2.75, 3.05) is 31.9 Å². The fourth-order valence-corrected chi connectivity index (χ4v) is 4.08. The Balaban J connectivity index is 0.00000364. The lowest BCUT2D eigenvalue weighted by atomic mass is 10.1. The molecular weight excluding hydrogens is 496 g/mol. The summed E-state index contributed by atoms with van der Waals surface area (Å²) in [5.74, 6) is 0.679. The van der Waals surface area contributed by atoms with Crippen LogP contribution >= 0.6 is 24.0 Å². The Kier molecular flexibility index (Phi) is 9.28. The Morgan fingerprint density at radius 3 is 2.41 bits per heavy atom. The Labute approximate surface area is 174 Å². The van der Waals surface area contributed by atoms with Crippen molar-refractivity contribution in [1.29, 1.82) is 0 Å². The molecule has 0 unspecified atom stereocenters. The van der Waals surface area contributed by atoms with E-state index in [2.05, 4.69) is 15.6 Å². The average molecular weight is 520 g/mol. The first-order valence-electron chi connectivity index (χ1n) is 8.38. The third-order valence-electron chi connectivity index (χ3n) is 3.90. The minimum Gasteiger partial charge on any atom is -0.357 e. The Hall–Kier alpha value is -1.08. The van der Waals surface area contributed by atoms with Crippen LogP contribution in [-0.2, 0) is 22.7 Å². The number of hydrogen-bond acceptors (Lipinski definition) is 3. The number of alkyl halides is 3. The highest BCUT2D eigenvalue weighted by Crippen LogP contribution is 2.29. The van der Waals surface area contributed by atoms with Crippen LogP contribution in [0.5, 0.6) is 0 Å². The maximum absolute atomic E-state index is 12.6. The molecule has 27 heavy (non-hydrogen) atoms. The summed E-state index contributed by atoms with van der Waals surface area (Å²) in [5, 5.41) is 6.07. The number of guanidine groups is 1. The highest BCUT2D eigenvalue weighted by molar-refractivity contribution is 14.0. The first-order chi connectivity index (χ1) is 12.2. The molecule has 2 rings (SSSR count). The molecule has 1 saturated heterocycles. The van der Waals surface area contributed by atoms with Gasteiger partial charge in [-0.1, -0.05) is 12.1 Å². The molecule has 1 fully saturated rings. The number of rotatable bonds is 6. The molecule has 0 radical (unpaired) electrons. The number of benzene rings is 1. The number of halogens is 4. The Morgan fingerprint density at radius 1 is 1.22 bits per heavy atom. The van der Waals surface area contributed by atoms with Crippen LogP contribution < -0.4 is 10.6 Å². The summed E-state index contributed by atoms with van der Waals surface area (Å²) in [6, 6.07) is 4.85. The molecule has 1 aromatic carbocycles. The van der Waals surface area contributed by atoms with Crippen molar-refractivity contribution in [3.63, 3.8) is 0 Å². The van der Waals surface area contributed by atoms with Gasteiger partial charge in [-0.3, -0.25) is 0 Å². The predicted octanol–water partition coefficient (Wildman–Crippen LogP) is 2.41. The van der Waals surface area contributed by atoms with Crippen LogP contribution in [0.4, 0.5) is 13.2 Å². The van der Waals surface area contributed by atoms with Crippen molar-refractivity contribution in [1.82, 2.24) is 14.9 Å². The lowest BCUT2D eigenvalue weighted by Crippen LogP contribution is -2.42. The van der Waals surface area contributed by atoms with Crippen LogP contribution in [0.1, 0.15) is 24.5 Å². The highest BCUT2D eigenvalue weighted by Gasteiger charge is 2.30. The minimum atomic E-state index is -4.35. The number of sulfonamides is 1. The Bertz CT molecular complexity index is 724. The second-order valence-electron chi connectivity index (χ2n) is 5.89. The molecule has 0 saturated carbocycles. The lowest BCUT2D eigenvalue weighted by Gasteiger charge is -2.16. The summed E-state index contributed by atoms with van der Waals surface area (Å²) >= 11 is 0. The molecule has 2 N–H and O–H groups in total. The SMILES string of the molecule is CCNC(=NCc1ccc(C(F)(F)F)cc1)NCCN1CCCS1(=O)=O.I. The summed E-state index contributed by atoms with van der Waals surface area (Å²) in [6.07, 6.45) is -3.71. The standard InChI is InChI=1S/C16H23F3N4O2S.HI/c1-2-20-15(21-8-10-23-9-3-11-26(23,24)25)22-12-13-4-6-14(7-5-13)16(17,18)19;/h4-7H,2-3,8-12H2,1H3,(H2,20,21,22);1H. The molecule has 0 aromatic heterocycles. The molecule has 0 bridgehead atoms. The molecule has 1 aliphatic heterocycles. The molecule has 154 valence electrons. The van der Waals surface area contributed by atoms with Gasteiger partial charge >= 0.3 is 6.18 Å². The predicted molar refractivity (Wildman–Crippen MR) is 110 cm³/mol. The minimum absolute atomic E-state index is 0. The maximum atomic E-state index is 12.6. The molecule has 0 spiro atoms. The second-order valence-corrected chi connectivity index (χ2v) is 7.97. The van der Waals surface area contributed by atoms with Crippen LogP contribution in [0.3, 0.4) is 0 Å². The van der Waals surface area contributed by atoms with Crippen molar-refractivity contribution in [3.05, 3.63) is 35.4 Å². The van der Waals surface area contributed by atoms with Gasteiger partial charge in [0.25, 0.3) is 0 Å². The van der Waals surface area contributed by atoms with Crippen molar-refractivity contribution < 1.29 is 21.6 Å². The first-order valence-corrected chi connectivity index (χ1v) is 9.99. The van der Waals surface area contributed by atoms with E-state index in [1.807, 2.05) is 6.92 Å². The van der Waals surface area contributed by atoms with E-state index < -0.39 is 21.8 Å². The summed E-state index contributed by atoms with van der Waals surface area (Å²) in [5.41, 5.74) is -0.0422. The van der Waals surface area contributed by atoms with E-state index in [9.17, 15) is 21.6 Å². The quantitative estimate of drug-likeness (QED) is 0.344. The summed E-state index contributed by atoms with van der Waals surface area (Å²) < 4.78 is 62.6. The summed E-state index contributed by atoms with van der Waals surface area (Å²) in [4.78, 5) is 4.32. The monoisotopic (exact) mass is 520 g/mol. The second kappa shape index (κ2) is 10.5. The number of nitrogens with zero attached hydrogens (tertiary/aromatic N) is 2. The zero-order chi connectivity index (χ0) is 19.2. The zero-order valence-corrected chi connectivity index (χ0v) is 18.1. The molecule has 1 aliphatic rings. The van der Waals surface area contributed by atoms with Gasteiger partial charge in [0.1, 0.15) is 0 Å². The number of hydrogen-bond donors (Lipinski definition) is 2. The van der Waals surface area contributed by atoms with Crippen LogP contribution in [0, 0.1) is 0 Å². The van der Waals surface area contributed by atoms with Gasteiger partial charge in [0.15, 0.2) is 5.96 Å². The highest BCUT2D eigenvalue weighted by atomic mass is 127. The third-order valence-corrected chi connectivity index (χ3v) is 5.86. The summed E-state index contributed by atoms with van der Waals surface area (Å²) in [7, 11) is -3.13. The average Bonchev–Trinajstić information content (AvgIpc) is 2.91. The van der Waals surface area contributed by atoms with E-state index in [0.29, 0.717) is 44.1 Å². The van der Waals surface area contributed by atoms with Crippen molar-refractivity contribution in [3.8, 4) is 0 Å². The van der Waals surface area contributed by atoms with Crippen molar-refractivity contribution in [2.24, 2.45) is 4.99 Å².